The van der Waals surface area contributed by atoms with Crippen LogP contribution in [0.1, 0.15) is 41.5 Å². The van der Waals surface area contributed by atoms with Gasteiger partial charge in [0.1, 0.15) is 11.6 Å². The van der Waals surface area contributed by atoms with Gasteiger partial charge in [-0.3, -0.25) is 0 Å². The molecule has 2 aromatic carbocycles. The summed E-state index contributed by atoms with van der Waals surface area (Å²) in [6, 6.07) is 10.5. The molecule has 104 valence electrons. The van der Waals surface area contributed by atoms with Gasteiger partial charge in [-0.2, -0.15) is 0 Å². The topological polar surface area (TPSA) is 0 Å². The molecule has 2 heteroatoms. The molecule has 0 saturated heterocycles. The van der Waals surface area contributed by atoms with Crippen LogP contribution in [-0.2, 0) is 19.3 Å². The van der Waals surface area contributed by atoms with Gasteiger partial charge in [-0.1, -0.05) is 25.1 Å². The van der Waals surface area contributed by atoms with Crippen molar-refractivity contribution in [3.8, 4) is 0 Å². The first-order valence-electron chi connectivity index (χ1n) is 7.23. The lowest BCUT2D eigenvalue weighted by Gasteiger charge is -2.25. The number of aryl methyl sites for hydroxylation is 2. The summed E-state index contributed by atoms with van der Waals surface area (Å²) in [7, 11) is 0. The van der Waals surface area contributed by atoms with Gasteiger partial charge in [-0.25, -0.2) is 8.78 Å². The van der Waals surface area contributed by atoms with Gasteiger partial charge in [-0.15, -0.1) is 0 Å². The van der Waals surface area contributed by atoms with Crippen LogP contribution in [0.15, 0.2) is 36.4 Å². The maximum Gasteiger partial charge on any atom is 0.126 e. The lowest BCUT2D eigenvalue weighted by molar-refractivity contribution is 0.529. The molecule has 1 aliphatic carbocycles. The fraction of sp³-hybridized carbons (Fsp3) is 0.333. The first kappa shape index (κ1) is 13.3. The van der Waals surface area contributed by atoms with E-state index < -0.39 is 0 Å². The SMILES string of the molecule is CCc1ccc(C2CCc3cc(F)ccc3C2)c(F)c1. The Hall–Kier alpha value is -1.70. The molecule has 0 radical (unpaired) electrons. The van der Waals surface area contributed by atoms with Crippen LogP contribution in [0.25, 0.3) is 0 Å². The largest absolute Gasteiger partial charge is 0.207 e. The summed E-state index contributed by atoms with van der Waals surface area (Å²) in [6.07, 6.45) is 3.37. The highest BCUT2D eigenvalue weighted by Crippen LogP contribution is 2.34. The van der Waals surface area contributed by atoms with Crippen LogP contribution < -0.4 is 0 Å². The highest BCUT2D eigenvalue weighted by molar-refractivity contribution is 5.35. The molecular formula is C18H18F2. The van der Waals surface area contributed by atoms with Gasteiger partial charge in [-0.05, 0) is 72.1 Å². The van der Waals surface area contributed by atoms with Gasteiger partial charge >= 0.3 is 0 Å². The molecule has 20 heavy (non-hydrogen) atoms. The number of hydrogen-bond acceptors (Lipinski definition) is 0. The van der Waals surface area contributed by atoms with Crippen molar-refractivity contribution in [3.05, 3.63) is 70.3 Å². The standard InChI is InChI=1S/C18H18F2/c1-2-12-3-8-17(18(20)9-12)15-5-4-14-11-16(19)7-6-13(14)10-15/h3,6-9,11,15H,2,4-5,10H2,1H3. The second-order valence-corrected chi connectivity index (χ2v) is 5.56. The predicted molar refractivity (Wildman–Crippen MR) is 76.9 cm³/mol. The highest BCUT2D eigenvalue weighted by Gasteiger charge is 2.22. The van der Waals surface area contributed by atoms with Crippen molar-refractivity contribution in [2.45, 2.75) is 38.5 Å². The molecule has 1 aliphatic rings. The Morgan fingerprint density at radius 3 is 2.65 bits per heavy atom. The third-order valence-corrected chi connectivity index (χ3v) is 4.31. The van der Waals surface area contributed by atoms with Crippen LogP contribution in [0.5, 0.6) is 0 Å². The average Bonchev–Trinajstić information content (AvgIpc) is 2.46. The highest BCUT2D eigenvalue weighted by atomic mass is 19.1. The van der Waals surface area contributed by atoms with Crippen LogP contribution in [0.4, 0.5) is 8.78 Å². The Balaban J connectivity index is 1.88. The normalized spacial score (nSPS) is 17.9. The van der Waals surface area contributed by atoms with E-state index in [1.807, 2.05) is 25.1 Å². The maximum absolute atomic E-state index is 14.2. The van der Waals surface area contributed by atoms with Crippen molar-refractivity contribution in [3.63, 3.8) is 0 Å². The number of benzene rings is 2. The molecule has 0 heterocycles. The number of fused-ring (bicyclic) bond motifs is 1. The van der Waals surface area contributed by atoms with Crippen molar-refractivity contribution in [2.24, 2.45) is 0 Å². The van der Waals surface area contributed by atoms with Crippen LogP contribution in [0.2, 0.25) is 0 Å². The van der Waals surface area contributed by atoms with Gasteiger partial charge in [0.2, 0.25) is 0 Å². The lowest BCUT2D eigenvalue weighted by Crippen LogP contribution is -2.14. The van der Waals surface area contributed by atoms with E-state index in [-0.39, 0.29) is 17.6 Å². The third-order valence-electron chi connectivity index (χ3n) is 4.31. The zero-order chi connectivity index (χ0) is 14.1. The van der Waals surface area contributed by atoms with Gasteiger partial charge in [0.25, 0.3) is 0 Å². The molecule has 1 atom stereocenters. The minimum absolute atomic E-state index is 0.0973. The number of halogens is 2. The molecule has 0 bridgehead atoms. The fourth-order valence-corrected chi connectivity index (χ4v) is 3.11. The van der Waals surface area contributed by atoms with E-state index >= 15 is 0 Å². The lowest BCUT2D eigenvalue weighted by atomic mass is 9.80. The summed E-state index contributed by atoms with van der Waals surface area (Å²) in [6.45, 7) is 2.03. The predicted octanol–water partition coefficient (Wildman–Crippen LogP) is 4.80. The van der Waals surface area contributed by atoms with E-state index in [0.29, 0.717) is 0 Å². The van der Waals surface area contributed by atoms with Gasteiger partial charge in [0.15, 0.2) is 0 Å². The van der Waals surface area contributed by atoms with Gasteiger partial charge in [0, 0.05) is 0 Å². The molecule has 0 spiro atoms. The van der Waals surface area contributed by atoms with Crippen LogP contribution in [-0.4, -0.2) is 0 Å². The Morgan fingerprint density at radius 2 is 1.90 bits per heavy atom. The number of hydrogen-bond donors (Lipinski definition) is 0. The molecule has 1 unspecified atom stereocenters. The van der Waals surface area contributed by atoms with Crippen molar-refractivity contribution in [1.82, 2.24) is 0 Å². The molecule has 2 aromatic rings. The second-order valence-electron chi connectivity index (χ2n) is 5.56. The molecule has 0 aliphatic heterocycles. The van der Waals surface area contributed by atoms with Crippen LogP contribution in [0.3, 0.4) is 0 Å². The molecular weight excluding hydrogens is 254 g/mol. The Labute approximate surface area is 118 Å². The Kier molecular flexibility index (Phi) is 3.56. The zero-order valence-corrected chi connectivity index (χ0v) is 11.6. The van der Waals surface area contributed by atoms with E-state index in [0.717, 1.165) is 47.9 Å². The Morgan fingerprint density at radius 1 is 1.05 bits per heavy atom. The molecule has 3 rings (SSSR count). The summed E-state index contributed by atoms with van der Waals surface area (Å²) in [5.41, 5.74) is 4.06. The summed E-state index contributed by atoms with van der Waals surface area (Å²) < 4.78 is 27.4. The second kappa shape index (κ2) is 5.35. The van der Waals surface area contributed by atoms with Crippen molar-refractivity contribution in [2.75, 3.05) is 0 Å². The average molecular weight is 272 g/mol. The summed E-state index contributed by atoms with van der Waals surface area (Å²) in [4.78, 5) is 0. The van der Waals surface area contributed by atoms with E-state index in [4.69, 9.17) is 0 Å². The molecule has 0 nitrogen and oxygen atoms in total. The van der Waals surface area contributed by atoms with Crippen molar-refractivity contribution < 1.29 is 8.78 Å². The quantitative estimate of drug-likeness (QED) is 0.736. The minimum atomic E-state index is -0.180. The molecule has 0 aromatic heterocycles. The van der Waals surface area contributed by atoms with E-state index in [1.54, 1.807) is 12.1 Å². The monoisotopic (exact) mass is 272 g/mol. The number of rotatable bonds is 2. The van der Waals surface area contributed by atoms with Gasteiger partial charge < -0.3 is 0 Å². The van der Waals surface area contributed by atoms with E-state index in [9.17, 15) is 8.78 Å². The first-order valence-corrected chi connectivity index (χ1v) is 7.23. The molecule has 0 amide bonds. The van der Waals surface area contributed by atoms with Crippen LogP contribution in [0, 0.1) is 11.6 Å². The minimum Gasteiger partial charge on any atom is -0.207 e. The molecule has 0 fully saturated rings. The zero-order valence-electron chi connectivity index (χ0n) is 11.6. The first-order chi connectivity index (χ1) is 9.67. The van der Waals surface area contributed by atoms with E-state index in [2.05, 4.69) is 0 Å². The van der Waals surface area contributed by atoms with Crippen LogP contribution >= 0.6 is 0 Å². The summed E-state index contributed by atoms with van der Waals surface area (Å²) in [5, 5.41) is 0. The summed E-state index contributed by atoms with van der Waals surface area (Å²) >= 11 is 0. The van der Waals surface area contributed by atoms with Gasteiger partial charge in [0.05, 0.1) is 0 Å². The third kappa shape index (κ3) is 2.47. The fourth-order valence-electron chi connectivity index (χ4n) is 3.11. The summed E-state index contributed by atoms with van der Waals surface area (Å²) in [5.74, 6) is -0.0699. The maximum atomic E-state index is 14.2. The smallest absolute Gasteiger partial charge is 0.126 e. The molecule has 0 saturated carbocycles. The van der Waals surface area contributed by atoms with Crippen molar-refractivity contribution >= 4 is 0 Å². The van der Waals surface area contributed by atoms with Crippen molar-refractivity contribution in [1.29, 1.82) is 0 Å². The molecule has 0 N–H and O–H groups in total. The Bertz CT molecular complexity index is 631. The van der Waals surface area contributed by atoms with E-state index in [1.165, 1.54) is 6.07 Å².